The van der Waals surface area contributed by atoms with E-state index in [9.17, 15) is 92.7 Å². The van der Waals surface area contributed by atoms with Gasteiger partial charge in [-0.15, -0.1) is 0 Å². The highest BCUT2D eigenvalue weighted by Crippen LogP contribution is 2.14. The average molecular weight is 1310 g/mol. The fourth-order valence-electron chi connectivity index (χ4n) is 9.18. The molecule has 2 rings (SSSR count). The molecule has 0 aliphatic heterocycles. The number of carbonyl (C=O) groups excluding carboxylic acids is 11. The molecule has 0 aromatic heterocycles. The Labute approximate surface area is 538 Å². The number of nitrogens with one attached hydrogen (secondary N) is 11. The van der Waals surface area contributed by atoms with Crippen LogP contribution in [-0.2, 0) is 80.0 Å². The molecule has 0 fully saturated rings. The number of unbranched alkanes of at least 4 members (excludes halogenated alkanes) is 1. The highest BCUT2D eigenvalue weighted by Gasteiger charge is 2.37. The van der Waals surface area contributed by atoms with E-state index >= 15 is 0 Å². The van der Waals surface area contributed by atoms with E-state index in [1.54, 1.807) is 88.4 Å². The smallest absolute Gasteiger partial charge is 0.326 e. The van der Waals surface area contributed by atoms with Crippen molar-refractivity contribution in [3.05, 3.63) is 71.8 Å². The number of rotatable bonds is 44. The number of carboxylic acid groups (broad SMARTS) is 3. The molecule has 2 aromatic carbocycles. The Kier molecular flexibility index (Phi) is 36.2. The van der Waals surface area contributed by atoms with Crippen molar-refractivity contribution in [1.29, 1.82) is 0 Å². The number of aliphatic hydroxyl groups is 2. The molecule has 0 aliphatic rings. The van der Waals surface area contributed by atoms with Gasteiger partial charge >= 0.3 is 17.9 Å². The van der Waals surface area contributed by atoms with Gasteiger partial charge in [0.1, 0.15) is 60.4 Å². The van der Waals surface area contributed by atoms with Crippen LogP contribution in [0.15, 0.2) is 60.7 Å². The van der Waals surface area contributed by atoms with Crippen LogP contribution in [0.25, 0.3) is 0 Å². The van der Waals surface area contributed by atoms with Gasteiger partial charge in [0.15, 0.2) is 0 Å². The Morgan fingerprint density at radius 1 is 0.430 bits per heavy atom. The summed E-state index contributed by atoms with van der Waals surface area (Å²) in [4.78, 5) is 185. The van der Waals surface area contributed by atoms with Crippen LogP contribution in [0, 0.1) is 17.8 Å². The third kappa shape index (κ3) is 29.8. The third-order valence-corrected chi connectivity index (χ3v) is 14.6. The second-order valence-corrected chi connectivity index (χ2v) is 23.0. The molecule has 516 valence electrons. The predicted molar refractivity (Wildman–Crippen MR) is 334 cm³/mol. The van der Waals surface area contributed by atoms with E-state index in [0.29, 0.717) is 17.5 Å². The van der Waals surface area contributed by atoms with Crippen LogP contribution in [0.2, 0.25) is 0 Å². The molecule has 0 unspecified atom stereocenters. The van der Waals surface area contributed by atoms with Crippen molar-refractivity contribution in [2.75, 3.05) is 32.8 Å². The van der Waals surface area contributed by atoms with E-state index in [0.717, 1.165) is 0 Å². The zero-order valence-electron chi connectivity index (χ0n) is 53.2. The summed E-state index contributed by atoms with van der Waals surface area (Å²) in [6.45, 7) is 6.38. The van der Waals surface area contributed by atoms with Gasteiger partial charge in [-0.1, -0.05) is 109 Å². The molecule has 0 aliphatic carbocycles. The molecule has 0 saturated heterocycles. The molecule has 0 radical (unpaired) electrons. The van der Waals surface area contributed by atoms with Crippen LogP contribution in [0.4, 0.5) is 0 Å². The SMILES string of the molecule is CC[C@H](C)[C@H](NC(=O)[C@H](CCC(=O)O)NC(=O)CN)C(=O)N[C@@H](CO)C(=O)N[C@H](C(=O)NCC(=O)N[C@@H](CCC(=O)O)C(=O)N[C@@H](CO)C(=O)N[C@@H](CCCCN)C(=O)N[C@@H](Cc1ccccc1)C(=O)N[C@@H](Cc1ccccc1)C(=O)N[C@@H](CC(C)C)C(=O)O)C(C)C. The van der Waals surface area contributed by atoms with Gasteiger partial charge in [0.05, 0.1) is 26.3 Å². The lowest BCUT2D eigenvalue weighted by Crippen LogP contribution is -2.61. The van der Waals surface area contributed by atoms with Crippen LogP contribution >= 0.6 is 0 Å². The third-order valence-electron chi connectivity index (χ3n) is 14.6. The van der Waals surface area contributed by atoms with Crippen molar-refractivity contribution < 1.29 is 92.7 Å². The molecular weight excluding hydrogens is 1220 g/mol. The van der Waals surface area contributed by atoms with Crippen LogP contribution in [0.3, 0.4) is 0 Å². The summed E-state index contributed by atoms with van der Waals surface area (Å²) in [5, 5.41) is 75.9. The maximum atomic E-state index is 14.4. The first-order valence-electron chi connectivity index (χ1n) is 30.6. The molecule has 0 saturated carbocycles. The number of carbonyl (C=O) groups is 14. The molecule has 0 bridgehead atoms. The largest absolute Gasteiger partial charge is 0.481 e. The van der Waals surface area contributed by atoms with E-state index in [1.807, 2.05) is 0 Å². The lowest BCUT2D eigenvalue weighted by atomic mass is 9.97. The summed E-state index contributed by atoms with van der Waals surface area (Å²) >= 11 is 0. The Bertz CT molecular complexity index is 2830. The quantitative estimate of drug-likeness (QED) is 0.0282. The van der Waals surface area contributed by atoms with Crippen LogP contribution < -0.4 is 70.0 Å². The van der Waals surface area contributed by atoms with E-state index in [-0.39, 0.29) is 57.4 Å². The van der Waals surface area contributed by atoms with Crippen molar-refractivity contribution in [2.24, 2.45) is 29.2 Å². The van der Waals surface area contributed by atoms with Crippen LogP contribution in [0.5, 0.6) is 0 Å². The maximum absolute atomic E-state index is 14.4. The number of aliphatic carboxylic acids is 3. The zero-order chi connectivity index (χ0) is 69.9. The number of hydrogen-bond donors (Lipinski definition) is 18. The molecular formula is C61H93N13O19. The molecule has 2 aromatic rings. The number of amides is 11. The van der Waals surface area contributed by atoms with Crippen molar-refractivity contribution in [2.45, 2.75) is 173 Å². The molecule has 93 heavy (non-hydrogen) atoms. The molecule has 0 spiro atoms. The number of benzene rings is 2. The highest BCUT2D eigenvalue weighted by molar-refractivity contribution is 5.99. The minimum atomic E-state index is -1.86. The number of hydrogen-bond acceptors (Lipinski definition) is 18. The average Bonchev–Trinajstić information content (AvgIpc) is 1.02. The summed E-state index contributed by atoms with van der Waals surface area (Å²) in [7, 11) is 0. The molecule has 11 atom stereocenters. The second-order valence-electron chi connectivity index (χ2n) is 23.0. The van der Waals surface area contributed by atoms with Crippen LogP contribution in [-0.4, -0.2) is 202 Å². The lowest BCUT2D eigenvalue weighted by molar-refractivity contribution is -0.143. The van der Waals surface area contributed by atoms with Gasteiger partial charge in [-0.2, -0.15) is 0 Å². The van der Waals surface area contributed by atoms with E-state index < -0.39 is 201 Å². The van der Waals surface area contributed by atoms with Crippen molar-refractivity contribution in [1.82, 2.24) is 58.5 Å². The van der Waals surface area contributed by atoms with Crippen LogP contribution in [0.1, 0.15) is 110 Å². The number of aliphatic hydroxyl groups excluding tert-OH is 2. The van der Waals surface area contributed by atoms with Gasteiger partial charge in [0.25, 0.3) is 0 Å². The molecule has 11 amide bonds. The summed E-state index contributed by atoms with van der Waals surface area (Å²) in [5.74, 6) is -16.3. The predicted octanol–water partition coefficient (Wildman–Crippen LogP) is -3.93. The highest BCUT2D eigenvalue weighted by atomic mass is 16.4. The van der Waals surface area contributed by atoms with E-state index in [2.05, 4.69) is 58.5 Å². The minimum absolute atomic E-state index is 0.0784. The fraction of sp³-hybridized carbons (Fsp3) is 0.574. The van der Waals surface area contributed by atoms with E-state index in [1.165, 1.54) is 13.8 Å². The monoisotopic (exact) mass is 1310 g/mol. The molecule has 32 nitrogen and oxygen atoms in total. The molecule has 0 heterocycles. The molecule has 32 heteroatoms. The molecule has 20 N–H and O–H groups in total. The van der Waals surface area contributed by atoms with E-state index in [4.69, 9.17) is 11.5 Å². The van der Waals surface area contributed by atoms with Gasteiger partial charge in [-0.3, -0.25) is 62.3 Å². The first-order valence-corrected chi connectivity index (χ1v) is 30.6. The van der Waals surface area contributed by atoms with Gasteiger partial charge in [0, 0.05) is 25.7 Å². The first-order chi connectivity index (χ1) is 44.0. The summed E-state index contributed by atoms with van der Waals surface area (Å²) in [6, 6.07) is 1.81. The Morgan fingerprint density at radius 3 is 1.24 bits per heavy atom. The Hall–Kier alpha value is -9.14. The van der Waals surface area contributed by atoms with Crippen molar-refractivity contribution in [3.8, 4) is 0 Å². The van der Waals surface area contributed by atoms with Gasteiger partial charge in [-0.25, -0.2) is 4.79 Å². The van der Waals surface area contributed by atoms with Gasteiger partial charge in [-0.05, 0) is 74.0 Å². The Morgan fingerprint density at radius 2 is 0.817 bits per heavy atom. The second kappa shape index (κ2) is 42.1. The zero-order valence-corrected chi connectivity index (χ0v) is 53.2. The minimum Gasteiger partial charge on any atom is -0.481 e. The normalized spacial score (nSPS) is 14.6. The summed E-state index contributed by atoms with van der Waals surface area (Å²) in [5.41, 5.74) is 12.3. The fourth-order valence-corrected chi connectivity index (χ4v) is 9.18. The Balaban J connectivity index is 2.32. The lowest BCUT2D eigenvalue weighted by Gasteiger charge is -2.29. The van der Waals surface area contributed by atoms with Gasteiger partial charge < -0.3 is 95.5 Å². The summed E-state index contributed by atoms with van der Waals surface area (Å²) in [6.07, 6.45) is -1.62. The van der Waals surface area contributed by atoms with Gasteiger partial charge in [0.2, 0.25) is 65.0 Å². The van der Waals surface area contributed by atoms with Crippen molar-refractivity contribution >= 4 is 82.9 Å². The van der Waals surface area contributed by atoms with Crippen molar-refractivity contribution in [3.63, 3.8) is 0 Å². The standard InChI is InChI=1S/C61H93N13O19/c1-7-35(6)51(74-54(85)40(22-24-49(81)82)65-46(77)29-63)60(91)72-45(32-76)58(89)73-50(34(4)5)59(90)64-30-47(78)66-39(21-23-48(79)80)53(84)71-44(31-75)57(88)67-38(20-14-15-25-62)52(83)68-41(27-36-16-10-8-11-17-36)55(86)69-42(28-37-18-12-9-13-19-37)56(87)70-43(61(92)93)26-33(2)3/h8-13,16-19,33-35,38-45,50-51,75-76H,7,14-15,20-32,62-63H2,1-6H3,(H,64,90)(H,65,77)(H,66,78)(H,67,88)(H,68,83)(H,69,86)(H,70,87)(H,71,84)(H,72,91)(H,73,89)(H,74,85)(H,79,80)(H,81,82)(H,92,93)/t35-,38-,39-,40-,41-,42-,43-,44-,45-,50-,51-/m0/s1. The maximum Gasteiger partial charge on any atom is 0.326 e. The number of carboxylic acids is 3. The summed E-state index contributed by atoms with van der Waals surface area (Å²) < 4.78 is 0. The first kappa shape index (κ1) is 80.0. The number of nitrogens with two attached hydrogens (primary N) is 2. The topological polar surface area (TPSA) is 524 Å².